The fourth-order valence-electron chi connectivity index (χ4n) is 12.8. The van der Waals surface area contributed by atoms with Crippen LogP contribution in [0.3, 0.4) is 0 Å². The summed E-state index contributed by atoms with van der Waals surface area (Å²) in [6.07, 6.45) is 45.4. The summed E-state index contributed by atoms with van der Waals surface area (Å²) in [6.45, 7) is 20.2. The van der Waals surface area contributed by atoms with Gasteiger partial charge in [0.25, 0.3) is 0 Å². The highest BCUT2D eigenvalue weighted by Crippen LogP contribution is 2.67. The second-order valence-electron chi connectivity index (χ2n) is 21.6. The first kappa shape index (κ1) is 50.7. The molecule has 4 heteroatoms. The number of nitrogens with zero attached hydrogens (tertiary/aromatic N) is 1. The largest absolute Gasteiger partial charge is 0.381 e. The van der Waals surface area contributed by atoms with Crippen molar-refractivity contribution in [3.63, 3.8) is 0 Å². The van der Waals surface area contributed by atoms with Gasteiger partial charge in [0.1, 0.15) is 0 Å². The zero-order chi connectivity index (χ0) is 42.4. The van der Waals surface area contributed by atoms with Crippen LogP contribution in [0.2, 0.25) is 0 Å². The molecule has 342 valence electrons. The minimum absolute atomic E-state index is 0.373. The van der Waals surface area contributed by atoms with Gasteiger partial charge in [-0.1, -0.05) is 135 Å². The lowest BCUT2D eigenvalue weighted by atomic mass is 9.47. The second-order valence-corrected chi connectivity index (χ2v) is 21.6. The molecule has 0 aliphatic heterocycles. The summed E-state index contributed by atoms with van der Waals surface area (Å²) in [7, 11) is 4.37. The summed E-state index contributed by atoms with van der Waals surface area (Å²) in [5.74, 6) is 5.99. The van der Waals surface area contributed by atoms with Crippen LogP contribution in [0.15, 0.2) is 36.0 Å². The molecule has 0 aromatic rings. The summed E-state index contributed by atoms with van der Waals surface area (Å²) in [5.41, 5.74) is 2.72. The Balaban J connectivity index is 1.02. The summed E-state index contributed by atoms with van der Waals surface area (Å²) < 4.78 is 18.8. The third-order valence-corrected chi connectivity index (χ3v) is 16.2. The van der Waals surface area contributed by atoms with Crippen molar-refractivity contribution in [1.29, 1.82) is 0 Å². The van der Waals surface area contributed by atoms with Gasteiger partial charge in [-0.05, 0) is 169 Å². The molecule has 0 bridgehead atoms. The van der Waals surface area contributed by atoms with Crippen molar-refractivity contribution >= 4 is 0 Å². The highest BCUT2D eigenvalue weighted by atomic mass is 16.5. The van der Waals surface area contributed by atoms with Crippen LogP contribution in [-0.2, 0) is 14.2 Å². The molecule has 0 N–H and O–H groups in total. The number of unbranched alkanes of at least 4 members (excludes halogenated alkanes) is 9. The van der Waals surface area contributed by atoms with Gasteiger partial charge in [0.2, 0.25) is 0 Å². The van der Waals surface area contributed by atoms with E-state index < -0.39 is 0 Å². The van der Waals surface area contributed by atoms with Gasteiger partial charge in [-0.3, -0.25) is 0 Å². The molecule has 0 aromatic carbocycles. The van der Waals surface area contributed by atoms with Crippen molar-refractivity contribution < 1.29 is 14.2 Å². The van der Waals surface area contributed by atoms with Crippen molar-refractivity contribution in [2.24, 2.45) is 52.3 Å². The van der Waals surface area contributed by atoms with Gasteiger partial charge in [-0.15, -0.1) is 0 Å². The average molecular weight is 822 g/mol. The Labute approximate surface area is 367 Å². The molecule has 3 saturated carbocycles. The Morgan fingerprint density at radius 1 is 0.712 bits per heavy atom. The van der Waals surface area contributed by atoms with Crippen LogP contribution in [0.1, 0.15) is 202 Å². The van der Waals surface area contributed by atoms with Gasteiger partial charge in [-0.2, -0.15) is 0 Å². The third-order valence-electron chi connectivity index (χ3n) is 16.2. The lowest BCUT2D eigenvalue weighted by molar-refractivity contribution is -0.0679. The maximum absolute atomic E-state index is 6.51. The molecule has 3 fully saturated rings. The predicted octanol–water partition coefficient (Wildman–Crippen LogP) is 15.2. The van der Waals surface area contributed by atoms with E-state index in [1.807, 2.05) is 0 Å². The molecule has 9 atom stereocenters. The van der Waals surface area contributed by atoms with E-state index in [4.69, 9.17) is 14.2 Å². The Morgan fingerprint density at radius 2 is 1.44 bits per heavy atom. The zero-order valence-corrected chi connectivity index (χ0v) is 40.6. The number of ether oxygens (including phenoxy) is 3. The van der Waals surface area contributed by atoms with E-state index in [-0.39, 0.29) is 0 Å². The van der Waals surface area contributed by atoms with Gasteiger partial charge in [-0.25, -0.2) is 0 Å². The van der Waals surface area contributed by atoms with Crippen LogP contribution in [0.25, 0.3) is 0 Å². The van der Waals surface area contributed by atoms with Crippen molar-refractivity contribution in [2.75, 3.05) is 53.7 Å². The van der Waals surface area contributed by atoms with E-state index in [1.54, 1.807) is 5.57 Å². The lowest BCUT2D eigenvalue weighted by Gasteiger charge is -2.58. The highest BCUT2D eigenvalue weighted by Gasteiger charge is 2.59. The fourth-order valence-corrected chi connectivity index (χ4v) is 12.8. The quantitative estimate of drug-likeness (QED) is 0.0500. The van der Waals surface area contributed by atoms with Crippen molar-refractivity contribution in [1.82, 2.24) is 4.90 Å². The molecule has 0 radical (unpaired) electrons. The maximum Gasteiger partial charge on any atom is 0.0704 e. The predicted molar refractivity (Wildman–Crippen MR) is 255 cm³/mol. The first-order valence-corrected chi connectivity index (χ1v) is 26.0. The van der Waals surface area contributed by atoms with Crippen LogP contribution in [0, 0.1) is 52.3 Å². The molecule has 4 aliphatic carbocycles. The Hall–Kier alpha value is -0.940. The van der Waals surface area contributed by atoms with E-state index in [0.717, 1.165) is 101 Å². The molecule has 4 rings (SSSR count). The normalized spacial score (nSPS) is 29.3. The van der Waals surface area contributed by atoms with Gasteiger partial charge in [0.05, 0.1) is 25.9 Å². The standard InChI is InChI=1S/C55H99NO3/c1-9-10-11-12-13-14-15-16-17-18-19-20-21-22-23-24-38-58-44-47(43-56(7)8)29-26-39-57-40-41-59-49-34-36-54(5)48(42-49)30-31-50-52-33-32-51(46(4)28-25-27-45(2)3)55(52,6)37-35-53(50)54/h13-14,16-17,30,45-47,49-53H,9-12,15,18-29,31-44H2,1-8H3/b14-13-,17-16-. The Kier molecular flexibility index (Phi) is 24.0. The molecule has 0 aromatic heterocycles. The van der Waals surface area contributed by atoms with E-state index in [0.29, 0.717) is 22.9 Å². The zero-order valence-electron chi connectivity index (χ0n) is 40.6. The van der Waals surface area contributed by atoms with Gasteiger partial charge >= 0.3 is 0 Å². The van der Waals surface area contributed by atoms with E-state index in [2.05, 4.69) is 90.9 Å². The first-order valence-electron chi connectivity index (χ1n) is 26.0. The van der Waals surface area contributed by atoms with E-state index >= 15 is 0 Å². The molecule has 9 unspecified atom stereocenters. The minimum atomic E-state index is 0.373. The molecule has 59 heavy (non-hydrogen) atoms. The number of rotatable bonds is 32. The van der Waals surface area contributed by atoms with E-state index in [9.17, 15) is 0 Å². The van der Waals surface area contributed by atoms with Gasteiger partial charge in [0.15, 0.2) is 0 Å². The monoisotopic (exact) mass is 822 g/mol. The maximum atomic E-state index is 6.51. The van der Waals surface area contributed by atoms with Crippen molar-refractivity contribution in [3.05, 3.63) is 36.0 Å². The first-order chi connectivity index (χ1) is 28.6. The van der Waals surface area contributed by atoms with Crippen LogP contribution in [0.4, 0.5) is 0 Å². The number of fused-ring (bicyclic) bond motifs is 5. The Morgan fingerprint density at radius 3 is 2.19 bits per heavy atom. The highest BCUT2D eigenvalue weighted by molar-refractivity contribution is 5.25. The molecule has 4 aliphatic rings. The molecular formula is C55H99NO3. The lowest BCUT2D eigenvalue weighted by Crippen LogP contribution is -2.51. The summed E-state index contributed by atoms with van der Waals surface area (Å²) >= 11 is 0. The third kappa shape index (κ3) is 16.9. The molecule has 0 saturated heterocycles. The number of hydrogen-bond donors (Lipinski definition) is 0. The average Bonchev–Trinajstić information content (AvgIpc) is 3.57. The summed E-state index contributed by atoms with van der Waals surface area (Å²) in [5, 5.41) is 0. The smallest absolute Gasteiger partial charge is 0.0704 e. The van der Waals surface area contributed by atoms with Gasteiger partial charge < -0.3 is 19.1 Å². The number of allylic oxidation sites excluding steroid dienone is 5. The molecule has 0 amide bonds. The summed E-state index contributed by atoms with van der Waals surface area (Å²) in [6, 6.07) is 0. The van der Waals surface area contributed by atoms with Crippen LogP contribution < -0.4 is 0 Å². The minimum Gasteiger partial charge on any atom is -0.381 e. The Bertz CT molecular complexity index is 1190. The topological polar surface area (TPSA) is 30.9 Å². The van der Waals surface area contributed by atoms with Crippen LogP contribution >= 0.6 is 0 Å². The molecule has 0 heterocycles. The molecular weight excluding hydrogens is 723 g/mol. The van der Waals surface area contributed by atoms with Crippen LogP contribution in [-0.4, -0.2) is 64.7 Å². The van der Waals surface area contributed by atoms with Gasteiger partial charge in [0, 0.05) is 19.8 Å². The molecule has 4 nitrogen and oxygen atoms in total. The summed E-state index contributed by atoms with van der Waals surface area (Å²) in [4.78, 5) is 2.31. The molecule has 0 spiro atoms. The van der Waals surface area contributed by atoms with Crippen molar-refractivity contribution in [3.8, 4) is 0 Å². The van der Waals surface area contributed by atoms with Crippen LogP contribution in [0.5, 0.6) is 0 Å². The van der Waals surface area contributed by atoms with E-state index in [1.165, 1.54) is 135 Å². The fraction of sp³-hybridized carbons (Fsp3) is 0.891. The second kappa shape index (κ2) is 28.0. The number of hydrogen-bond acceptors (Lipinski definition) is 4. The SMILES string of the molecule is CCCCC/C=C\C/C=C\CCCCCCCCOCC(CCCOCCOC1CCC2(C)C(=CCC3C2CCC2(C)C(C(C)CCCC(C)C)CCC32)C1)CN(C)C. The van der Waals surface area contributed by atoms with Crippen molar-refractivity contribution in [2.45, 2.75) is 208 Å².